The van der Waals surface area contributed by atoms with E-state index in [1.165, 1.54) is 0 Å². The number of amides is 3. The summed E-state index contributed by atoms with van der Waals surface area (Å²) in [5.74, 6) is -6.68. The summed E-state index contributed by atoms with van der Waals surface area (Å²) in [4.78, 5) is 63.3. The second-order valence-electron chi connectivity index (χ2n) is 7.00. The van der Waals surface area contributed by atoms with Crippen molar-refractivity contribution in [3.63, 3.8) is 0 Å². The Morgan fingerprint density at radius 3 is 2.47 bits per heavy atom. The van der Waals surface area contributed by atoms with Crippen LogP contribution in [-0.4, -0.2) is 40.4 Å². The van der Waals surface area contributed by atoms with E-state index in [1.54, 1.807) is 0 Å². The molecule has 2 N–H and O–H groups in total. The van der Waals surface area contributed by atoms with Gasteiger partial charge in [-0.25, -0.2) is 14.0 Å². The van der Waals surface area contributed by atoms with Crippen molar-refractivity contribution >= 4 is 34.7 Å². The van der Waals surface area contributed by atoms with E-state index in [4.69, 9.17) is 9.25 Å². The first-order valence-electron chi connectivity index (χ1n) is 9.68. The Balaban J connectivity index is 1.45. The maximum atomic E-state index is 13.8. The maximum absolute atomic E-state index is 13.8. The zero-order valence-corrected chi connectivity index (χ0v) is 16.6. The minimum atomic E-state index is -1.44. The Kier molecular flexibility index (Phi) is 6.81. The number of carbonyl (C=O) groups excluding carboxylic acids is 4. The summed E-state index contributed by atoms with van der Waals surface area (Å²) >= 11 is 0. The Morgan fingerprint density at radius 2 is 1.78 bits per heavy atom. The topological polar surface area (TPSA) is 143 Å². The van der Waals surface area contributed by atoms with E-state index in [2.05, 4.69) is 5.32 Å². The zero-order valence-electron chi connectivity index (χ0n) is 16.6. The number of carbonyl (C=O) groups is 4. The molecule has 12 heteroatoms. The lowest BCUT2D eigenvalue weighted by Crippen LogP contribution is -2.32. The molecule has 0 unspecified atom stereocenters. The SMILES string of the molecule is O=C(CCCCCNC(=O)c1cc2cc(F)c(O)c(F)c2oc1=O)ON1C(=O)CCC1=O. The number of hydrogen-bond donors (Lipinski definition) is 2. The van der Waals surface area contributed by atoms with Crippen LogP contribution in [0.25, 0.3) is 11.0 Å². The van der Waals surface area contributed by atoms with Gasteiger partial charge in [-0.3, -0.25) is 14.4 Å². The number of imide groups is 1. The van der Waals surface area contributed by atoms with Crippen LogP contribution in [0.1, 0.15) is 48.9 Å². The highest BCUT2D eigenvalue weighted by atomic mass is 19.1. The molecule has 1 aromatic heterocycles. The van der Waals surface area contributed by atoms with Gasteiger partial charge in [0.15, 0.2) is 17.1 Å². The predicted molar refractivity (Wildman–Crippen MR) is 102 cm³/mol. The van der Waals surface area contributed by atoms with Crippen molar-refractivity contribution in [2.24, 2.45) is 0 Å². The lowest BCUT2D eigenvalue weighted by molar-refractivity contribution is -0.197. The molecule has 2 aromatic rings. The number of hydrogen-bond acceptors (Lipinski definition) is 8. The molecule has 1 aliphatic heterocycles. The molecule has 2 heterocycles. The number of fused-ring (bicyclic) bond motifs is 1. The van der Waals surface area contributed by atoms with Gasteiger partial charge in [-0.05, 0) is 25.0 Å². The molecule has 170 valence electrons. The van der Waals surface area contributed by atoms with Gasteiger partial charge in [0, 0.05) is 31.2 Å². The van der Waals surface area contributed by atoms with Crippen molar-refractivity contribution in [3.05, 3.63) is 39.8 Å². The highest BCUT2D eigenvalue weighted by Gasteiger charge is 2.32. The first-order valence-corrected chi connectivity index (χ1v) is 9.68. The number of halogens is 2. The van der Waals surface area contributed by atoms with E-state index >= 15 is 0 Å². The Morgan fingerprint density at radius 1 is 1.09 bits per heavy atom. The molecule has 0 saturated carbocycles. The van der Waals surface area contributed by atoms with E-state index in [1.807, 2.05) is 0 Å². The summed E-state index contributed by atoms with van der Waals surface area (Å²) in [6.45, 7) is 0.132. The van der Waals surface area contributed by atoms with Crippen LogP contribution in [-0.2, 0) is 19.2 Å². The molecule has 3 amide bonds. The van der Waals surface area contributed by atoms with Gasteiger partial charge in [0.25, 0.3) is 17.7 Å². The number of rotatable bonds is 8. The van der Waals surface area contributed by atoms with Crippen molar-refractivity contribution in [3.8, 4) is 5.75 Å². The average molecular weight is 452 g/mol. The summed E-state index contributed by atoms with van der Waals surface area (Å²) in [6.07, 6.45) is 1.26. The molecule has 1 fully saturated rings. The third-order valence-corrected chi connectivity index (χ3v) is 4.68. The third-order valence-electron chi connectivity index (χ3n) is 4.68. The van der Waals surface area contributed by atoms with Gasteiger partial charge in [0.1, 0.15) is 5.56 Å². The predicted octanol–water partition coefficient (Wildman–Crippen LogP) is 1.67. The van der Waals surface area contributed by atoms with E-state index in [0.717, 1.165) is 12.1 Å². The number of unbranched alkanes of at least 4 members (excludes halogenated alkanes) is 2. The minimum Gasteiger partial charge on any atom is -0.503 e. The van der Waals surface area contributed by atoms with Crippen LogP contribution in [0.4, 0.5) is 8.78 Å². The highest BCUT2D eigenvalue weighted by molar-refractivity contribution is 6.01. The molecule has 1 saturated heterocycles. The second kappa shape index (κ2) is 9.54. The van der Waals surface area contributed by atoms with Crippen molar-refractivity contribution in [2.75, 3.05) is 6.54 Å². The van der Waals surface area contributed by atoms with E-state index in [-0.39, 0.29) is 31.2 Å². The van der Waals surface area contributed by atoms with Crippen LogP contribution in [0, 0.1) is 11.6 Å². The fourth-order valence-electron chi connectivity index (χ4n) is 3.01. The van der Waals surface area contributed by atoms with Gasteiger partial charge in [0.2, 0.25) is 5.82 Å². The number of aromatic hydroxyl groups is 1. The Labute approximate surface area is 178 Å². The normalized spacial score (nSPS) is 13.6. The number of nitrogens with zero attached hydrogens (tertiary/aromatic N) is 1. The molecule has 1 aliphatic rings. The second-order valence-corrected chi connectivity index (χ2v) is 7.00. The summed E-state index contributed by atoms with van der Waals surface area (Å²) in [5, 5.41) is 11.9. The lowest BCUT2D eigenvalue weighted by atomic mass is 10.1. The molecular formula is C20H18F2N2O8. The van der Waals surface area contributed by atoms with Gasteiger partial charge in [0.05, 0.1) is 0 Å². The third kappa shape index (κ3) is 4.90. The van der Waals surface area contributed by atoms with Crippen molar-refractivity contribution in [1.82, 2.24) is 10.4 Å². The molecule has 0 atom stereocenters. The van der Waals surface area contributed by atoms with Gasteiger partial charge in [-0.1, -0.05) is 6.42 Å². The van der Waals surface area contributed by atoms with Crippen molar-refractivity contribution < 1.29 is 42.3 Å². The fraction of sp³-hybridized carbons (Fsp3) is 0.350. The minimum absolute atomic E-state index is 0.00767. The number of phenolic OH excluding ortho intramolecular Hbond substituents is 1. The summed E-state index contributed by atoms with van der Waals surface area (Å²) in [7, 11) is 0. The highest BCUT2D eigenvalue weighted by Crippen LogP contribution is 2.28. The molecular weight excluding hydrogens is 434 g/mol. The van der Waals surface area contributed by atoms with Gasteiger partial charge < -0.3 is 19.7 Å². The van der Waals surface area contributed by atoms with Gasteiger partial charge in [-0.2, -0.15) is 4.39 Å². The first-order chi connectivity index (χ1) is 15.2. The van der Waals surface area contributed by atoms with E-state index in [0.29, 0.717) is 24.3 Å². The molecule has 0 spiro atoms. The fourth-order valence-corrected chi connectivity index (χ4v) is 3.01. The Hall–Kier alpha value is -3.83. The number of phenols is 1. The number of benzene rings is 1. The molecule has 1 aromatic carbocycles. The van der Waals surface area contributed by atoms with Crippen molar-refractivity contribution in [1.29, 1.82) is 0 Å². The standard InChI is InChI=1S/C20H18F2N2O8/c21-12-9-10-8-11(20(30)31-18(10)16(22)17(12)28)19(29)23-7-3-1-2-4-15(27)32-24-13(25)5-6-14(24)26/h8-9,28H,1-7H2,(H,23,29). The van der Waals surface area contributed by atoms with Crippen LogP contribution < -0.4 is 10.9 Å². The zero-order chi connectivity index (χ0) is 23.4. The summed E-state index contributed by atoms with van der Waals surface area (Å²) < 4.78 is 32.0. The first kappa shape index (κ1) is 22.8. The maximum Gasteiger partial charge on any atom is 0.349 e. The molecule has 0 radical (unpaired) electrons. The van der Waals surface area contributed by atoms with Gasteiger partial charge in [-0.15, -0.1) is 5.06 Å². The molecule has 10 nitrogen and oxygen atoms in total. The molecule has 32 heavy (non-hydrogen) atoms. The molecule has 3 rings (SSSR count). The van der Waals surface area contributed by atoms with Crippen LogP contribution >= 0.6 is 0 Å². The smallest absolute Gasteiger partial charge is 0.349 e. The quantitative estimate of drug-likeness (QED) is 0.350. The van der Waals surface area contributed by atoms with Crippen LogP contribution in [0.3, 0.4) is 0 Å². The van der Waals surface area contributed by atoms with Crippen LogP contribution in [0.2, 0.25) is 0 Å². The molecule has 0 aliphatic carbocycles. The largest absolute Gasteiger partial charge is 0.503 e. The van der Waals surface area contributed by atoms with E-state index < -0.39 is 57.8 Å². The van der Waals surface area contributed by atoms with Crippen LogP contribution in [0.5, 0.6) is 5.75 Å². The lowest BCUT2D eigenvalue weighted by Gasteiger charge is -2.12. The number of nitrogens with one attached hydrogen (secondary N) is 1. The summed E-state index contributed by atoms with van der Waals surface area (Å²) in [5.41, 5.74) is -2.30. The molecule has 0 bridgehead atoms. The van der Waals surface area contributed by atoms with Crippen molar-refractivity contribution in [2.45, 2.75) is 38.5 Å². The van der Waals surface area contributed by atoms with Crippen LogP contribution in [0.15, 0.2) is 21.3 Å². The average Bonchev–Trinajstić information content (AvgIpc) is 3.06. The summed E-state index contributed by atoms with van der Waals surface area (Å²) in [6, 6.07) is 1.69. The Bertz CT molecular complexity index is 1140. The number of hydroxylamine groups is 2. The van der Waals surface area contributed by atoms with E-state index in [9.17, 15) is 37.9 Å². The monoisotopic (exact) mass is 452 g/mol. The van der Waals surface area contributed by atoms with Gasteiger partial charge >= 0.3 is 11.6 Å².